The molecule has 0 unspecified atom stereocenters. The third-order valence-corrected chi connectivity index (χ3v) is 4.27. The average Bonchev–Trinajstić information content (AvgIpc) is 2.61. The first kappa shape index (κ1) is 17.4. The zero-order valence-corrected chi connectivity index (χ0v) is 14.9. The lowest BCUT2D eigenvalue weighted by Gasteiger charge is -2.33. The number of morpholine rings is 1. The lowest BCUT2D eigenvalue weighted by atomic mass is 10.1. The molecule has 1 atom stereocenters. The van der Waals surface area contributed by atoms with Crippen LogP contribution < -0.4 is 4.74 Å². The van der Waals surface area contributed by atoms with Gasteiger partial charge in [0.05, 0.1) is 32.4 Å². The van der Waals surface area contributed by atoms with Crippen LogP contribution in [0.2, 0.25) is 0 Å². The van der Waals surface area contributed by atoms with Crippen molar-refractivity contribution in [3.63, 3.8) is 0 Å². The van der Waals surface area contributed by atoms with E-state index in [1.54, 1.807) is 7.11 Å². The van der Waals surface area contributed by atoms with Crippen molar-refractivity contribution in [1.82, 2.24) is 14.9 Å². The second-order valence-corrected chi connectivity index (χ2v) is 6.17. The van der Waals surface area contributed by atoms with Crippen LogP contribution in [0.1, 0.15) is 28.9 Å². The quantitative estimate of drug-likeness (QED) is 0.853. The highest BCUT2D eigenvalue weighted by Crippen LogP contribution is 2.23. The third kappa shape index (κ3) is 4.14. The molecular weight excluding hydrogens is 318 g/mol. The molecule has 6 heteroatoms. The van der Waals surface area contributed by atoms with Crippen molar-refractivity contribution in [3.05, 3.63) is 53.1 Å². The first-order valence-electron chi connectivity index (χ1n) is 8.40. The van der Waals surface area contributed by atoms with Crippen molar-refractivity contribution < 1.29 is 14.3 Å². The lowest BCUT2D eigenvalue weighted by molar-refractivity contribution is -0.138. The minimum atomic E-state index is -0.212. The van der Waals surface area contributed by atoms with E-state index in [2.05, 4.69) is 9.97 Å². The molecule has 0 N–H and O–H groups in total. The van der Waals surface area contributed by atoms with E-state index in [9.17, 15) is 4.79 Å². The highest BCUT2D eigenvalue weighted by molar-refractivity contribution is 5.79. The van der Waals surface area contributed by atoms with E-state index < -0.39 is 0 Å². The van der Waals surface area contributed by atoms with Crippen LogP contribution in [-0.2, 0) is 16.0 Å². The third-order valence-electron chi connectivity index (χ3n) is 4.27. The maximum absolute atomic E-state index is 12.7. The summed E-state index contributed by atoms with van der Waals surface area (Å²) in [5, 5.41) is 0. The summed E-state index contributed by atoms with van der Waals surface area (Å²) in [6.07, 6.45) is 0.106. The molecule has 25 heavy (non-hydrogen) atoms. The number of amides is 1. The van der Waals surface area contributed by atoms with Crippen LogP contribution in [0.15, 0.2) is 30.3 Å². The van der Waals surface area contributed by atoms with E-state index in [0.717, 1.165) is 28.5 Å². The summed E-state index contributed by atoms with van der Waals surface area (Å²) in [5.74, 6) is 1.53. The monoisotopic (exact) mass is 341 g/mol. The van der Waals surface area contributed by atoms with E-state index in [4.69, 9.17) is 9.47 Å². The molecule has 2 heterocycles. The van der Waals surface area contributed by atoms with Gasteiger partial charge in [0.25, 0.3) is 0 Å². The molecule has 3 rings (SSSR count). The summed E-state index contributed by atoms with van der Waals surface area (Å²) in [6.45, 7) is 5.40. The number of methoxy groups -OCH3 is 1. The van der Waals surface area contributed by atoms with E-state index >= 15 is 0 Å². The summed E-state index contributed by atoms with van der Waals surface area (Å²) in [6, 6.07) is 9.53. The number of aryl methyl sites for hydroxylation is 2. The lowest BCUT2D eigenvalue weighted by Crippen LogP contribution is -2.43. The van der Waals surface area contributed by atoms with E-state index in [-0.39, 0.29) is 12.0 Å². The van der Waals surface area contributed by atoms with Crippen LogP contribution in [0.25, 0.3) is 0 Å². The van der Waals surface area contributed by atoms with Gasteiger partial charge in [0.15, 0.2) is 0 Å². The number of rotatable bonds is 4. The molecule has 1 saturated heterocycles. The number of carbonyl (C=O) groups excluding carboxylic acids is 1. The van der Waals surface area contributed by atoms with Gasteiger partial charge >= 0.3 is 0 Å². The number of hydrogen-bond acceptors (Lipinski definition) is 5. The minimum Gasteiger partial charge on any atom is -0.496 e. The molecule has 1 aliphatic rings. The summed E-state index contributed by atoms with van der Waals surface area (Å²) < 4.78 is 11.2. The van der Waals surface area contributed by atoms with Gasteiger partial charge in [-0.1, -0.05) is 18.2 Å². The maximum atomic E-state index is 12.7. The fourth-order valence-electron chi connectivity index (χ4n) is 3.09. The summed E-state index contributed by atoms with van der Waals surface area (Å²) in [4.78, 5) is 23.3. The highest BCUT2D eigenvalue weighted by atomic mass is 16.5. The maximum Gasteiger partial charge on any atom is 0.227 e. The van der Waals surface area contributed by atoms with Crippen molar-refractivity contribution in [2.45, 2.75) is 26.4 Å². The standard InChI is InChI=1S/C19H23N3O3/c1-13-10-16(21-14(2)20-13)18-12-22(8-9-25-18)19(23)11-15-6-4-5-7-17(15)24-3/h4-7,10,18H,8-9,11-12H2,1-3H3/t18-/m1/s1. The summed E-state index contributed by atoms with van der Waals surface area (Å²) in [5.41, 5.74) is 2.63. The van der Waals surface area contributed by atoms with Crippen molar-refractivity contribution in [2.24, 2.45) is 0 Å². The SMILES string of the molecule is COc1ccccc1CC(=O)N1CCO[C@@H](c2cc(C)nc(C)n2)C1. The number of aromatic nitrogens is 2. The Balaban J connectivity index is 1.71. The number of carbonyl (C=O) groups is 1. The van der Waals surface area contributed by atoms with Crippen molar-refractivity contribution in [1.29, 1.82) is 0 Å². The van der Waals surface area contributed by atoms with Gasteiger partial charge in [-0.15, -0.1) is 0 Å². The predicted octanol–water partition coefficient (Wildman–Crippen LogP) is 2.24. The fourth-order valence-corrected chi connectivity index (χ4v) is 3.09. The molecule has 0 radical (unpaired) electrons. The Morgan fingerprint density at radius 3 is 2.88 bits per heavy atom. The second-order valence-electron chi connectivity index (χ2n) is 6.17. The van der Waals surface area contributed by atoms with E-state index in [1.807, 2.05) is 49.1 Å². The second kappa shape index (κ2) is 7.61. The van der Waals surface area contributed by atoms with Crippen molar-refractivity contribution in [2.75, 3.05) is 26.8 Å². The molecule has 1 aliphatic heterocycles. The first-order chi connectivity index (χ1) is 12.1. The van der Waals surface area contributed by atoms with E-state index in [0.29, 0.717) is 26.1 Å². The van der Waals surface area contributed by atoms with Gasteiger partial charge in [-0.2, -0.15) is 0 Å². The van der Waals surface area contributed by atoms with Gasteiger partial charge in [-0.25, -0.2) is 9.97 Å². The van der Waals surface area contributed by atoms with Crippen molar-refractivity contribution in [3.8, 4) is 5.75 Å². The molecule has 0 bridgehead atoms. The Morgan fingerprint density at radius 1 is 1.32 bits per heavy atom. The van der Waals surface area contributed by atoms with Crippen LogP contribution in [0, 0.1) is 13.8 Å². The number of nitrogens with zero attached hydrogens (tertiary/aromatic N) is 3. The molecule has 0 spiro atoms. The van der Waals surface area contributed by atoms with Gasteiger partial charge in [0, 0.05) is 17.8 Å². The predicted molar refractivity (Wildman–Crippen MR) is 93.5 cm³/mol. The topological polar surface area (TPSA) is 64.5 Å². The van der Waals surface area contributed by atoms with Crippen molar-refractivity contribution >= 4 is 5.91 Å². The molecule has 1 aromatic heterocycles. The zero-order chi connectivity index (χ0) is 17.8. The number of hydrogen-bond donors (Lipinski definition) is 0. The average molecular weight is 341 g/mol. The molecule has 1 fully saturated rings. The Labute approximate surface area is 147 Å². The van der Waals surface area contributed by atoms with Crippen LogP contribution in [-0.4, -0.2) is 47.6 Å². The van der Waals surface area contributed by atoms with Gasteiger partial charge < -0.3 is 14.4 Å². The molecule has 132 valence electrons. The molecule has 1 amide bonds. The van der Waals surface area contributed by atoms with E-state index in [1.165, 1.54) is 0 Å². The zero-order valence-electron chi connectivity index (χ0n) is 14.9. The Morgan fingerprint density at radius 2 is 2.12 bits per heavy atom. The first-order valence-corrected chi connectivity index (χ1v) is 8.40. The minimum absolute atomic E-state index is 0.0697. The van der Waals surface area contributed by atoms with Gasteiger partial charge in [-0.05, 0) is 26.0 Å². The largest absolute Gasteiger partial charge is 0.496 e. The summed E-state index contributed by atoms with van der Waals surface area (Å²) in [7, 11) is 1.62. The highest BCUT2D eigenvalue weighted by Gasteiger charge is 2.27. The summed E-state index contributed by atoms with van der Waals surface area (Å²) >= 11 is 0. The molecule has 1 aromatic carbocycles. The smallest absolute Gasteiger partial charge is 0.227 e. The molecule has 2 aromatic rings. The Kier molecular flexibility index (Phi) is 5.28. The molecule has 6 nitrogen and oxygen atoms in total. The molecule has 0 saturated carbocycles. The van der Waals surface area contributed by atoms with Gasteiger partial charge in [0.1, 0.15) is 17.7 Å². The Hall–Kier alpha value is -2.47. The molecular formula is C19H23N3O3. The number of benzene rings is 1. The number of para-hydroxylation sites is 1. The fraction of sp³-hybridized carbons (Fsp3) is 0.421. The van der Waals surface area contributed by atoms with Crippen LogP contribution in [0.4, 0.5) is 0 Å². The van der Waals surface area contributed by atoms with Crippen LogP contribution >= 0.6 is 0 Å². The van der Waals surface area contributed by atoms with Gasteiger partial charge in [0.2, 0.25) is 5.91 Å². The normalized spacial score (nSPS) is 17.4. The number of ether oxygens (including phenoxy) is 2. The Bertz CT molecular complexity index is 743. The van der Waals surface area contributed by atoms with Gasteiger partial charge in [-0.3, -0.25) is 4.79 Å². The molecule has 0 aliphatic carbocycles. The van der Waals surface area contributed by atoms with Crippen LogP contribution in [0.5, 0.6) is 5.75 Å². The van der Waals surface area contributed by atoms with Crippen LogP contribution in [0.3, 0.4) is 0 Å².